The van der Waals surface area contributed by atoms with E-state index in [9.17, 15) is 13.6 Å². The predicted molar refractivity (Wildman–Crippen MR) is 51.5 cm³/mol. The van der Waals surface area contributed by atoms with Gasteiger partial charge in [0.1, 0.15) is 11.6 Å². The molecule has 0 unspecified atom stereocenters. The second kappa shape index (κ2) is 5.44. The van der Waals surface area contributed by atoms with Crippen LogP contribution in [0.3, 0.4) is 0 Å². The lowest BCUT2D eigenvalue weighted by atomic mass is 10.2. The number of halogens is 2. The minimum absolute atomic E-state index is 0.0939. The Kier molecular flexibility index (Phi) is 4.21. The monoisotopic (exact) mass is 214 g/mol. The first kappa shape index (κ1) is 11.6. The molecule has 15 heavy (non-hydrogen) atoms. The van der Waals surface area contributed by atoms with E-state index in [1.165, 1.54) is 0 Å². The molecule has 82 valence electrons. The molecule has 0 aliphatic heterocycles. The van der Waals surface area contributed by atoms with Crippen LogP contribution in [0.4, 0.5) is 8.78 Å². The summed E-state index contributed by atoms with van der Waals surface area (Å²) in [6.45, 7) is 2.23. The topological polar surface area (TPSA) is 26.3 Å². The van der Waals surface area contributed by atoms with Crippen LogP contribution in [0.15, 0.2) is 18.2 Å². The average Bonchev–Trinajstić information content (AvgIpc) is 2.16. The Morgan fingerprint density at radius 3 is 2.40 bits per heavy atom. The van der Waals surface area contributed by atoms with Crippen LogP contribution in [0.2, 0.25) is 0 Å². The molecule has 0 saturated heterocycles. The quantitative estimate of drug-likeness (QED) is 0.569. The third-order valence-corrected chi connectivity index (χ3v) is 1.83. The number of ether oxygens (including phenoxy) is 1. The van der Waals surface area contributed by atoms with E-state index in [4.69, 9.17) is 4.74 Å². The van der Waals surface area contributed by atoms with Crippen molar-refractivity contribution in [1.82, 2.24) is 0 Å². The van der Waals surface area contributed by atoms with E-state index >= 15 is 0 Å². The van der Waals surface area contributed by atoms with Crippen LogP contribution >= 0.6 is 0 Å². The second-order valence-corrected chi connectivity index (χ2v) is 3.15. The fourth-order valence-electron chi connectivity index (χ4n) is 1.06. The van der Waals surface area contributed by atoms with E-state index in [0.29, 0.717) is 6.07 Å². The van der Waals surface area contributed by atoms with Gasteiger partial charge in [-0.2, -0.15) is 0 Å². The highest BCUT2D eigenvalue weighted by Gasteiger charge is 2.09. The Bertz CT molecular complexity index is 330. The van der Waals surface area contributed by atoms with Crippen LogP contribution in [0.5, 0.6) is 0 Å². The highest BCUT2D eigenvalue weighted by Crippen LogP contribution is 2.09. The number of hydrogen-bond acceptors (Lipinski definition) is 2. The zero-order valence-corrected chi connectivity index (χ0v) is 8.43. The van der Waals surface area contributed by atoms with Gasteiger partial charge < -0.3 is 4.74 Å². The number of esters is 1. The first-order valence-electron chi connectivity index (χ1n) is 4.76. The standard InChI is InChI=1S/C11H12F2O2/c1-2-3-4-15-11(14)8-5-9(12)7-10(13)6-8/h5-7H,2-4H2,1H3. The second-order valence-electron chi connectivity index (χ2n) is 3.15. The van der Waals surface area contributed by atoms with Crippen LogP contribution in [-0.4, -0.2) is 12.6 Å². The normalized spacial score (nSPS) is 10.1. The van der Waals surface area contributed by atoms with Gasteiger partial charge in [-0.1, -0.05) is 13.3 Å². The molecular formula is C11H12F2O2. The maximum absolute atomic E-state index is 12.7. The summed E-state index contributed by atoms with van der Waals surface area (Å²) in [7, 11) is 0. The van der Waals surface area contributed by atoms with E-state index in [1.807, 2.05) is 6.92 Å². The number of carbonyl (C=O) groups is 1. The van der Waals surface area contributed by atoms with E-state index in [1.54, 1.807) is 0 Å². The molecule has 0 fully saturated rings. The molecule has 4 heteroatoms. The molecule has 2 nitrogen and oxygen atoms in total. The first-order chi connectivity index (χ1) is 7.13. The van der Waals surface area contributed by atoms with Crippen molar-refractivity contribution in [2.75, 3.05) is 6.61 Å². The van der Waals surface area contributed by atoms with Gasteiger partial charge in [0, 0.05) is 6.07 Å². The minimum Gasteiger partial charge on any atom is -0.462 e. The maximum Gasteiger partial charge on any atom is 0.338 e. The zero-order chi connectivity index (χ0) is 11.3. The van der Waals surface area contributed by atoms with Gasteiger partial charge in [0.15, 0.2) is 0 Å². The minimum atomic E-state index is -0.780. The number of hydrogen-bond donors (Lipinski definition) is 0. The lowest BCUT2D eigenvalue weighted by molar-refractivity contribution is 0.0498. The summed E-state index contributed by atoms with van der Waals surface area (Å²) in [5, 5.41) is 0. The average molecular weight is 214 g/mol. The van der Waals surface area contributed by atoms with Crippen LogP contribution in [0.25, 0.3) is 0 Å². The number of unbranched alkanes of at least 4 members (excludes halogenated alkanes) is 1. The fraction of sp³-hybridized carbons (Fsp3) is 0.364. The summed E-state index contributed by atoms with van der Waals surface area (Å²) >= 11 is 0. The van der Waals surface area contributed by atoms with Gasteiger partial charge >= 0.3 is 5.97 Å². The van der Waals surface area contributed by atoms with Crippen LogP contribution in [0.1, 0.15) is 30.1 Å². The SMILES string of the molecule is CCCCOC(=O)c1cc(F)cc(F)c1. The molecule has 0 aliphatic carbocycles. The molecule has 0 heterocycles. The molecule has 0 N–H and O–H groups in total. The van der Waals surface area contributed by atoms with Gasteiger partial charge in [-0.15, -0.1) is 0 Å². The molecule has 0 bridgehead atoms. The molecule has 1 aromatic carbocycles. The van der Waals surface area contributed by atoms with Gasteiger partial charge in [-0.25, -0.2) is 13.6 Å². The van der Waals surface area contributed by atoms with Gasteiger partial charge in [0.05, 0.1) is 12.2 Å². The number of carbonyl (C=O) groups excluding carboxylic acids is 1. The van der Waals surface area contributed by atoms with Crippen molar-refractivity contribution in [1.29, 1.82) is 0 Å². The molecule has 0 amide bonds. The fourth-order valence-corrected chi connectivity index (χ4v) is 1.06. The third kappa shape index (κ3) is 3.65. The number of benzene rings is 1. The van der Waals surface area contributed by atoms with E-state index in [-0.39, 0.29) is 12.2 Å². The molecule has 0 saturated carbocycles. The van der Waals surface area contributed by atoms with Crippen molar-refractivity contribution >= 4 is 5.97 Å². The summed E-state index contributed by atoms with van der Waals surface area (Å²) in [5.41, 5.74) is -0.0939. The summed E-state index contributed by atoms with van der Waals surface area (Å²) < 4.78 is 30.3. The Morgan fingerprint density at radius 1 is 1.27 bits per heavy atom. The van der Waals surface area contributed by atoms with Crippen molar-refractivity contribution in [2.24, 2.45) is 0 Å². The molecular weight excluding hydrogens is 202 g/mol. The zero-order valence-electron chi connectivity index (χ0n) is 8.43. The van der Waals surface area contributed by atoms with Gasteiger partial charge in [0.25, 0.3) is 0 Å². The molecule has 0 atom stereocenters. The first-order valence-corrected chi connectivity index (χ1v) is 4.76. The molecule has 1 aromatic rings. The smallest absolute Gasteiger partial charge is 0.338 e. The molecule has 1 rings (SSSR count). The Balaban J connectivity index is 2.65. The van der Waals surface area contributed by atoms with Crippen molar-refractivity contribution in [3.63, 3.8) is 0 Å². The number of rotatable bonds is 4. The van der Waals surface area contributed by atoms with Crippen molar-refractivity contribution in [3.05, 3.63) is 35.4 Å². The van der Waals surface area contributed by atoms with Crippen molar-refractivity contribution in [2.45, 2.75) is 19.8 Å². The summed E-state index contributed by atoms with van der Waals surface area (Å²) in [6.07, 6.45) is 1.63. The Labute approximate surface area is 86.9 Å². The Hall–Kier alpha value is -1.45. The van der Waals surface area contributed by atoms with Gasteiger partial charge in [-0.05, 0) is 18.6 Å². The van der Waals surface area contributed by atoms with Gasteiger partial charge in [0.2, 0.25) is 0 Å². The molecule has 0 aliphatic rings. The van der Waals surface area contributed by atoms with E-state index in [0.717, 1.165) is 25.0 Å². The highest BCUT2D eigenvalue weighted by atomic mass is 19.1. The predicted octanol–water partition coefficient (Wildman–Crippen LogP) is 2.92. The highest BCUT2D eigenvalue weighted by molar-refractivity contribution is 5.89. The van der Waals surface area contributed by atoms with Crippen LogP contribution < -0.4 is 0 Å². The largest absolute Gasteiger partial charge is 0.462 e. The maximum atomic E-state index is 12.7. The van der Waals surface area contributed by atoms with Crippen LogP contribution in [0, 0.1) is 11.6 Å². The van der Waals surface area contributed by atoms with Crippen molar-refractivity contribution in [3.8, 4) is 0 Å². The van der Waals surface area contributed by atoms with Crippen molar-refractivity contribution < 1.29 is 18.3 Å². The van der Waals surface area contributed by atoms with E-state index < -0.39 is 17.6 Å². The summed E-state index contributed by atoms with van der Waals surface area (Å²) in [6, 6.07) is 2.62. The van der Waals surface area contributed by atoms with Gasteiger partial charge in [-0.3, -0.25) is 0 Å². The van der Waals surface area contributed by atoms with E-state index in [2.05, 4.69) is 0 Å². The lowest BCUT2D eigenvalue weighted by Gasteiger charge is -2.03. The Morgan fingerprint density at radius 2 is 1.87 bits per heavy atom. The molecule has 0 aromatic heterocycles. The summed E-state index contributed by atoms with van der Waals surface area (Å²) in [4.78, 5) is 11.3. The summed E-state index contributed by atoms with van der Waals surface area (Å²) in [5.74, 6) is -2.25. The third-order valence-electron chi connectivity index (χ3n) is 1.83. The lowest BCUT2D eigenvalue weighted by Crippen LogP contribution is -2.07. The molecule has 0 radical (unpaired) electrons. The van der Waals surface area contributed by atoms with Crippen LogP contribution in [-0.2, 0) is 4.74 Å². The molecule has 0 spiro atoms.